The molecule has 92 heavy (non-hydrogen) atoms. The second-order valence-corrected chi connectivity index (χ2v) is 24.8. The molecule has 11 heterocycles. The van der Waals surface area contributed by atoms with Gasteiger partial charge in [-0.2, -0.15) is 0 Å². The summed E-state index contributed by atoms with van der Waals surface area (Å²) < 4.78 is 69.9. The third kappa shape index (κ3) is 14.6. The Bertz CT molecular complexity index is 3940. The minimum atomic E-state index is -0.756. The average molecular weight is 1310 g/mol. The van der Waals surface area contributed by atoms with E-state index in [1.807, 2.05) is 198 Å². The van der Waals surface area contributed by atoms with Crippen LogP contribution in [0.3, 0.4) is 0 Å². The van der Waals surface area contributed by atoms with Crippen molar-refractivity contribution >= 4 is 112 Å². The Labute approximate surface area is 549 Å². The standard InChI is InChI=1S/C31H30ClN5O4.C30H27Cl2N5O4.C3H9B3O3.CH4/c1-18-23-12-13-37(29(23)35-17-34-18)30-28-27(40-31(2,3)41-28)25(39-30)16-38-22-10-6-20-7-11-26(36-24(20)14-22)33-15-19-4-8-21(32)9-5-19;1-30(2)40-25-23(39-29(26(25)41-30)37-12-11-21-27(32)34-16-35-28(21)37)15-38-20-9-5-18-6-10-24(36-22(18)13-20)33-14-17-3-7-19(31)8-4-17;1-4-7-5(2)9-6(3)8-4;/h4-14,17,25,27-28,30H,15-16H2,1-3H3,(H,33,36);3-13,16,23,25-26,29H,14-15H2,1-2H3,(H,33,36);1-3H3;1H4/t25-,27-,28-,30-;23-,25-,26-,29-;;/m11../s1. The number of rotatable bonds is 14. The molecule has 5 aliphatic heterocycles. The highest BCUT2D eigenvalue weighted by Crippen LogP contribution is 2.46. The number of pyridine rings is 2. The van der Waals surface area contributed by atoms with Crippen LogP contribution in [0.25, 0.3) is 43.9 Å². The second kappa shape index (κ2) is 27.4. The van der Waals surface area contributed by atoms with Gasteiger partial charge in [-0.15, -0.1) is 0 Å². The Morgan fingerprint density at radius 3 is 1.39 bits per heavy atom. The van der Waals surface area contributed by atoms with E-state index in [0.29, 0.717) is 47.0 Å². The fourth-order valence-electron chi connectivity index (χ4n) is 11.9. The van der Waals surface area contributed by atoms with E-state index < -0.39 is 24.0 Å². The lowest BCUT2D eigenvalue weighted by atomic mass is 9.74. The maximum atomic E-state index is 6.52. The Morgan fingerprint density at radius 1 is 0.511 bits per heavy atom. The molecule has 4 aromatic carbocycles. The topological polar surface area (TPSA) is 213 Å². The number of benzene rings is 4. The predicted molar refractivity (Wildman–Crippen MR) is 357 cm³/mol. The first-order valence-corrected chi connectivity index (χ1v) is 31.3. The van der Waals surface area contributed by atoms with Gasteiger partial charge in [0.2, 0.25) is 0 Å². The molecule has 8 atom stereocenters. The highest BCUT2D eigenvalue weighted by molar-refractivity contribution is 6.72. The number of fused-ring (bicyclic) bond motifs is 6. The van der Waals surface area contributed by atoms with Gasteiger partial charge >= 0.3 is 21.4 Å². The lowest BCUT2D eigenvalue weighted by molar-refractivity contribution is -0.199. The lowest BCUT2D eigenvalue weighted by Crippen LogP contribution is -2.44. The van der Waals surface area contributed by atoms with Crippen molar-refractivity contribution in [3.63, 3.8) is 0 Å². The van der Waals surface area contributed by atoms with Crippen LogP contribution >= 0.6 is 34.8 Å². The molecule has 0 amide bonds. The Morgan fingerprint density at radius 2 is 0.924 bits per heavy atom. The lowest BCUT2D eigenvalue weighted by Gasteiger charge is -2.25. The van der Waals surface area contributed by atoms with Crippen molar-refractivity contribution in [2.24, 2.45) is 0 Å². The van der Waals surface area contributed by atoms with Crippen molar-refractivity contribution in [2.45, 2.75) is 136 Å². The number of nitrogens with one attached hydrogen (secondary N) is 2. The Hall–Kier alpha value is -7.16. The van der Waals surface area contributed by atoms with Gasteiger partial charge in [0, 0.05) is 63.8 Å². The number of halogens is 3. The van der Waals surface area contributed by atoms with E-state index in [1.165, 1.54) is 6.33 Å². The average Bonchev–Trinajstić information content (AvgIpc) is 1.61. The first-order chi connectivity index (χ1) is 43.8. The van der Waals surface area contributed by atoms with Gasteiger partial charge in [0.1, 0.15) is 102 Å². The number of aryl methyl sites for hydroxylation is 1. The van der Waals surface area contributed by atoms with Crippen LogP contribution in [0.4, 0.5) is 11.6 Å². The summed E-state index contributed by atoms with van der Waals surface area (Å²) in [5, 5.41) is 12.3. The molecule has 0 saturated carbocycles. The van der Waals surface area contributed by atoms with E-state index in [9.17, 15) is 0 Å². The second-order valence-electron chi connectivity index (χ2n) is 23.6. The Balaban J connectivity index is 0.000000155. The minimum Gasteiger partial charge on any atom is -0.491 e. The van der Waals surface area contributed by atoms with Gasteiger partial charge in [-0.1, -0.05) is 66.5 Å². The highest BCUT2D eigenvalue weighted by atomic mass is 35.5. The maximum absolute atomic E-state index is 6.52. The summed E-state index contributed by atoms with van der Waals surface area (Å²) in [5.74, 6) is 1.46. The molecule has 5 fully saturated rings. The van der Waals surface area contributed by atoms with Crippen LogP contribution in [0.15, 0.2) is 146 Å². The molecule has 0 unspecified atom stereocenters. The van der Waals surface area contributed by atoms with Crippen LogP contribution in [0.1, 0.15) is 64.4 Å². The summed E-state index contributed by atoms with van der Waals surface area (Å²) in [6.45, 7) is 17.1. The molecule has 0 aliphatic carbocycles. The number of hydrogen-bond donors (Lipinski definition) is 2. The predicted octanol–water partition coefficient (Wildman–Crippen LogP) is 13.5. The van der Waals surface area contributed by atoms with Crippen molar-refractivity contribution < 1.29 is 51.6 Å². The molecular formula is C65H70B3Cl3N10O11. The highest BCUT2D eigenvalue weighted by Gasteiger charge is 2.58. The smallest absolute Gasteiger partial charge is 0.426 e. The van der Waals surface area contributed by atoms with Gasteiger partial charge in [0.05, 0.1) is 22.1 Å². The quantitative estimate of drug-likeness (QED) is 0.0765. The van der Waals surface area contributed by atoms with Crippen molar-refractivity contribution in [3.8, 4) is 11.5 Å². The fraction of sp³-hybridized carbons (Fsp3) is 0.354. The van der Waals surface area contributed by atoms with Gasteiger partial charge < -0.3 is 71.4 Å². The minimum absolute atomic E-state index is 0. The number of nitrogens with zero attached hydrogens (tertiary/aromatic N) is 8. The molecular weight excluding hydrogens is 1240 g/mol. The monoisotopic (exact) mass is 1300 g/mol. The number of anilines is 2. The Kier molecular flexibility index (Phi) is 19.4. The van der Waals surface area contributed by atoms with Crippen LogP contribution in [0.5, 0.6) is 11.5 Å². The van der Waals surface area contributed by atoms with E-state index in [0.717, 1.165) is 71.7 Å². The van der Waals surface area contributed by atoms with Gasteiger partial charge in [-0.3, -0.25) is 0 Å². The summed E-state index contributed by atoms with van der Waals surface area (Å²) in [5.41, 5.74) is 6.29. The van der Waals surface area contributed by atoms with Crippen molar-refractivity contribution in [2.75, 3.05) is 23.8 Å². The van der Waals surface area contributed by atoms with E-state index >= 15 is 0 Å². The van der Waals surface area contributed by atoms with Gasteiger partial charge in [0.25, 0.3) is 0 Å². The summed E-state index contributed by atoms with van der Waals surface area (Å²) >= 11 is 18.3. The van der Waals surface area contributed by atoms with Crippen LogP contribution < -0.4 is 20.1 Å². The van der Waals surface area contributed by atoms with Crippen LogP contribution in [-0.4, -0.2) is 122 Å². The number of hydrogen-bond acceptors (Lipinski definition) is 19. The molecule has 5 aliphatic rings. The summed E-state index contributed by atoms with van der Waals surface area (Å²) in [4.78, 5) is 26.9. The van der Waals surface area contributed by atoms with Gasteiger partial charge in [-0.05, 0) is 151 Å². The van der Waals surface area contributed by atoms with E-state index in [1.54, 1.807) is 6.33 Å². The van der Waals surface area contributed by atoms with Gasteiger partial charge in [-0.25, -0.2) is 29.9 Å². The SMILES string of the molecule is C.CB1OB(C)OB(C)O1.CC1(C)O[C@@H]2[C@H](O1)[C@@H](COc1ccc3ccc(NCc4ccc(Cl)cc4)nc3c1)O[C@H]2n1ccc2c(Cl)ncnc21.Cc1ncnc2c1ccn2[C@@H]1O[C@H](COc2ccc3ccc(NCc4ccc(Cl)cc4)nc3c2)[C@H]2OC(C)(C)O[C@H]21. The van der Waals surface area contributed by atoms with Crippen molar-refractivity contribution in [1.29, 1.82) is 0 Å². The third-order valence-corrected chi connectivity index (χ3v) is 16.9. The zero-order chi connectivity index (χ0) is 63.1. The van der Waals surface area contributed by atoms with Crippen LogP contribution in [0.2, 0.25) is 35.7 Å². The van der Waals surface area contributed by atoms with E-state index in [2.05, 4.69) is 30.6 Å². The first kappa shape index (κ1) is 64.9. The molecule has 21 nitrogen and oxygen atoms in total. The fourth-order valence-corrected chi connectivity index (χ4v) is 12.3. The molecule has 0 spiro atoms. The van der Waals surface area contributed by atoms with Crippen molar-refractivity contribution in [3.05, 3.63) is 178 Å². The zero-order valence-electron chi connectivity index (χ0n) is 51.2. The molecule has 5 saturated heterocycles. The van der Waals surface area contributed by atoms with Crippen LogP contribution in [0, 0.1) is 6.92 Å². The molecule has 10 aromatic rings. The van der Waals surface area contributed by atoms with E-state index in [4.69, 9.17) is 96.4 Å². The van der Waals surface area contributed by atoms with Crippen LogP contribution in [-0.2, 0) is 55.2 Å². The third-order valence-electron chi connectivity index (χ3n) is 16.0. The van der Waals surface area contributed by atoms with Crippen molar-refractivity contribution in [1.82, 2.24) is 39.0 Å². The molecule has 476 valence electrons. The van der Waals surface area contributed by atoms with Gasteiger partial charge in [0.15, 0.2) is 24.0 Å². The molecule has 0 bridgehead atoms. The molecule has 6 aromatic heterocycles. The summed E-state index contributed by atoms with van der Waals surface area (Å²) in [7, 11) is -0.406. The number of aromatic nitrogens is 8. The largest absolute Gasteiger partial charge is 0.491 e. The molecule has 2 N–H and O–H groups in total. The molecule has 0 radical (unpaired) electrons. The van der Waals surface area contributed by atoms with E-state index in [-0.39, 0.29) is 72.0 Å². The maximum Gasteiger partial charge on any atom is 0.426 e. The normalized spacial score (nSPS) is 22.8. The number of ether oxygens (including phenoxy) is 8. The summed E-state index contributed by atoms with van der Waals surface area (Å²) in [6.07, 6.45) is 4.00. The summed E-state index contributed by atoms with van der Waals surface area (Å²) in [6, 6.07) is 39.2. The first-order valence-electron chi connectivity index (χ1n) is 30.1. The molecule has 27 heteroatoms. The molecule has 15 rings (SSSR count). The zero-order valence-corrected chi connectivity index (χ0v) is 53.5.